The summed E-state index contributed by atoms with van der Waals surface area (Å²) < 4.78 is 13.1. The third kappa shape index (κ3) is 4.76. The third-order valence-corrected chi connectivity index (χ3v) is 5.96. The average molecular weight is 439 g/mol. The molecule has 4 rings (SSSR count). The van der Waals surface area contributed by atoms with Gasteiger partial charge in [0.15, 0.2) is 5.82 Å². The molecule has 168 valence electrons. The van der Waals surface area contributed by atoms with Gasteiger partial charge in [-0.15, -0.1) is 0 Å². The van der Waals surface area contributed by atoms with Gasteiger partial charge in [0.05, 0.1) is 23.8 Å². The maximum atomic E-state index is 13.1. The number of carbonyl (C=O) groups is 3. The second kappa shape index (κ2) is 9.42. The first kappa shape index (κ1) is 21.9. The number of hydrogen-bond acceptors (Lipinski definition) is 5. The number of likely N-dealkylation sites (tertiary alicyclic amines) is 2. The first-order chi connectivity index (χ1) is 15.4. The fourth-order valence-corrected chi connectivity index (χ4v) is 4.22. The molecule has 0 unspecified atom stereocenters. The number of aromatic nitrogens is 2. The van der Waals surface area contributed by atoms with Crippen LogP contribution in [0.5, 0.6) is 0 Å². The number of nitrogens with zero attached hydrogens (tertiary/aromatic N) is 4. The van der Waals surface area contributed by atoms with Gasteiger partial charge in [-0.25, -0.2) is 14.4 Å². The first-order valence-corrected chi connectivity index (χ1v) is 10.9. The minimum absolute atomic E-state index is 0.0236. The van der Waals surface area contributed by atoms with Crippen molar-refractivity contribution >= 4 is 23.4 Å². The van der Waals surface area contributed by atoms with Gasteiger partial charge in [-0.2, -0.15) is 0 Å². The van der Waals surface area contributed by atoms with Crippen LogP contribution < -0.4 is 5.32 Å². The Hall–Kier alpha value is -3.36. The standard InChI is InChI=1S/C23H26FN5O3/c1-15-18(23(32)27-17-9-7-16(24)8-10-17)13-25-22(26-15)19-5-2-3-12-29(19)21(31)14-28-11-4-6-20(28)30/h7-10,13,19H,2-6,11-12,14H2,1H3,(H,27,32)/t19-/m0/s1. The monoisotopic (exact) mass is 439 g/mol. The van der Waals surface area contributed by atoms with Gasteiger partial charge in [0, 0.05) is 31.4 Å². The lowest BCUT2D eigenvalue weighted by atomic mass is 10.0. The molecule has 8 nitrogen and oxygen atoms in total. The number of nitrogens with one attached hydrogen (secondary N) is 1. The molecule has 3 amide bonds. The molecule has 2 fully saturated rings. The number of amides is 3. The second-order valence-corrected chi connectivity index (χ2v) is 8.21. The topological polar surface area (TPSA) is 95.5 Å². The van der Waals surface area contributed by atoms with Crippen molar-refractivity contribution in [3.8, 4) is 0 Å². The SMILES string of the molecule is Cc1nc([C@@H]2CCCCN2C(=O)CN2CCCC2=O)ncc1C(=O)Nc1ccc(F)cc1. The van der Waals surface area contributed by atoms with E-state index in [-0.39, 0.29) is 36.1 Å². The molecule has 1 N–H and O–H groups in total. The van der Waals surface area contributed by atoms with E-state index in [0.29, 0.717) is 42.3 Å². The minimum atomic E-state index is -0.384. The lowest BCUT2D eigenvalue weighted by Crippen LogP contribution is -2.45. The van der Waals surface area contributed by atoms with Crippen LogP contribution in [-0.4, -0.2) is 57.1 Å². The zero-order chi connectivity index (χ0) is 22.7. The van der Waals surface area contributed by atoms with E-state index < -0.39 is 0 Å². The zero-order valence-electron chi connectivity index (χ0n) is 18.0. The fraction of sp³-hybridized carbons (Fsp3) is 0.435. The molecule has 9 heteroatoms. The van der Waals surface area contributed by atoms with E-state index in [9.17, 15) is 18.8 Å². The van der Waals surface area contributed by atoms with Crippen molar-refractivity contribution in [1.29, 1.82) is 0 Å². The zero-order valence-corrected chi connectivity index (χ0v) is 18.0. The summed E-state index contributed by atoms with van der Waals surface area (Å²) in [4.78, 5) is 49.8. The molecule has 0 bridgehead atoms. The largest absolute Gasteiger partial charge is 0.333 e. The molecule has 0 saturated carbocycles. The molecule has 32 heavy (non-hydrogen) atoms. The summed E-state index contributed by atoms with van der Waals surface area (Å²) in [5, 5.41) is 2.71. The van der Waals surface area contributed by atoms with E-state index in [4.69, 9.17) is 0 Å². The van der Waals surface area contributed by atoms with Gasteiger partial charge < -0.3 is 15.1 Å². The maximum Gasteiger partial charge on any atom is 0.259 e. The van der Waals surface area contributed by atoms with Crippen molar-refractivity contribution in [2.45, 2.75) is 45.1 Å². The van der Waals surface area contributed by atoms with Gasteiger partial charge in [0.25, 0.3) is 5.91 Å². The Bertz CT molecular complexity index is 1030. The Balaban J connectivity index is 1.48. The molecular formula is C23H26FN5O3. The van der Waals surface area contributed by atoms with Crippen molar-refractivity contribution in [1.82, 2.24) is 19.8 Å². The van der Waals surface area contributed by atoms with Crippen LogP contribution in [0.1, 0.15) is 60.0 Å². The summed E-state index contributed by atoms with van der Waals surface area (Å²) in [6.45, 7) is 3.03. The van der Waals surface area contributed by atoms with Crippen molar-refractivity contribution < 1.29 is 18.8 Å². The van der Waals surface area contributed by atoms with Crippen molar-refractivity contribution in [2.75, 3.05) is 25.0 Å². The average Bonchev–Trinajstić information content (AvgIpc) is 3.19. The lowest BCUT2D eigenvalue weighted by Gasteiger charge is -2.35. The fourth-order valence-electron chi connectivity index (χ4n) is 4.22. The summed E-state index contributed by atoms with van der Waals surface area (Å²) in [5.41, 5.74) is 1.29. The van der Waals surface area contributed by atoms with Gasteiger partial charge in [-0.3, -0.25) is 14.4 Å². The Morgan fingerprint density at radius 3 is 2.62 bits per heavy atom. The number of hydrogen-bond donors (Lipinski definition) is 1. The summed E-state index contributed by atoms with van der Waals surface area (Å²) in [7, 11) is 0. The van der Waals surface area contributed by atoms with Crippen LogP contribution >= 0.6 is 0 Å². The number of benzene rings is 1. The van der Waals surface area contributed by atoms with E-state index in [1.807, 2.05) is 0 Å². The van der Waals surface area contributed by atoms with Gasteiger partial charge in [-0.05, 0) is 56.9 Å². The normalized spacial score (nSPS) is 18.7. The molecule has 2 aliphatic heterocycles. The molecule has 2 aromatic rings. The summed E-state index contributed by atoms with van der Waals surface area (Å²) in [6.07, 6.45) is 5.34. The minimum Gasteiger partial charge on any atom is -0.333 e. The van der Waals surface area contributed by atoms with Crippen LogP contribution in [0.15, 0.2) is 30.5 Å². The number of anilines is 1. The van der Waals surface area contributed by atoms with E-state index in [1.165, 1.54) is 30.5 Å². The molecule has 3 heterocycles. The van der Waals surface area contributed by atoms with Crippen molar-refractivity contribution in [3.63, 3.8) is 0 Å². The van der Waals surface area contributed by atoms with Crippen LogP contribution in [0.25, 0.3) is 0 Å². The molecule has 1 atom stereocenters. The second-order valence-electron chi connectivity index (χ2n) is 8.21. The van der Waals surface area contributed by atoms with Crippen LogP contribution in [0, 0.1) is 12.7 Å². The Morgan fingerprint density at radius 2 is 1.94 bits per heavy atom. The van der Waals surface area contributed by atoms with Crippen LogP contribution in [0.3, 0.4) is 0 Å². The summed E-state index contributed by atoms with van der Waals surface area (Å²) in [6, 6.07) is 5.23. The number of piperidine rings is 1. The number of aryl methyl sites for hydroxylation is 1. The molecule has 2 aliphatic rings. The highest BCUT2D eigenvalue weighted by molar-refractivity contribution is 6.04. The Labute approximate surface area is 185 Å². The smallest absolute Gasteiger partial charge is 0.259 e. The van der Waals surface area contributed by atoms with Crippen LogP contribution in [0.4, 0.5) is 10.1 Å². The molecule has 1 aromatic carbocycles. The van der Waals surface area contributed by atoms with Gasteiger partial charge >= 0.3 is 0 Å². The number of halogens is 1. The molecule has 1 aromatic heterocycles. The van der Waals surface area contributed by atoms with Gasteiger partial charge in [0.1, 0.15) is 5.82 Å². The highest BCUT2D eigenvalue weighted by atomic mass is 19.1. The molecule has 2 saturated heterocycles. The van der Waals surface area contributed by atoms with Crippen molar-refractivity contribution in [2.24, 2.45) is 0 Å². The summed E-state index contributed by atoms with van der Waals surface area (Å²) in [5.74, 6) is -0.334. The van der Waals surface area contributed by atoms with Crippen LogP contribution in [-0.2, 0) is 9.59 Å². The number of rotatable bonds is 5. The van der Waals surface area contributed by atoms with E-state index >= 15 is 0 Å². The van der Waals surface area contributed by atoms with E-state index in [0.717, 1.165) is 25.7 Å². The van der Waals surface area contributed by atoms with Crippen molar-refractivity contribution in [3.05, 3.63) is 53.4 Å². The predicted octanol–water partition coefficient (Wildman–Crippen LogP) is 2.85. The highest BCUT2D eigenvalue weighted by Gasteiger charge is 2.33. The molecule has 0 aliphatic carbocycles. The quantitative estimate of drug-likeness (QED) is 0.773. The maximum absolute atomic E-state index is 13.1. The Morgan fingerprint density at radius 1 is 1.16 bits per heavy atom. The van der Waals surface area contributed by atoms with E-state index in [2.05, 4.69) is 15.3 Å². The van der Waals surface area contributed by atoms with E-state index in [1.54, 1.807) is 16.7 Å². The molecule has 0 radical (unpaired) electrons. The molecule has 0 spiro atoms. The predicted molar refractivity (Wildman–Crippen MR) is 115 cm³/mol. The van der Waals surface area contributed by atoms with Gasteiger partial charge in [-0.1, -0.05) is 0 Å². The summed E-state index contributed by atoms with van der Waals surface area (Å²) >= 11 is 0. The highest BCUT2D eigenvalue weighted by Crippen LogP contribution is 2.29. The van der Waals surface area contributed by atoms with Crippen LogP contribution in [0.2, 0.25) is 0 Å². The van der Waals surface area contributed by atoms with Gasteiger partial charge in [0.2, 0.25) is 11.8 Å². The first-order valence-electron chi connectivity index (χ1n) is 10.9. The third-order valence-electron chi connectivity index (χ3n) is 5.96. The molecular weight excluding hydrogens is 413 g/mol. The number of carbonyl (C=O) groups excluding carboxylic acids is 3. The Kier molecular flexibility index (Phi) is 6.43. The lowest BCUT2D eigenvalue weighted by molar-refractivity contribution is -0.141.